The number of carbonyl (C=O) groups excluding carboxylic acids is 2. The van der Waals surface area contributed by atoms with Gasteiger partial charge in [-0.3, -0.25) is 4.79 Å². The van der Waals surface area contributed by atoms with E-state index in [1.165, 1.54) is 24.1 Å². The second-order valence-corrected chi connectivity index (χ2v) is 5.47. The molecule has 23 heavy (non-hydrogen) atoms. The number of nitrogens with one attached hydrogen (secondary N) is 2. The number of ether oxygens (including phenoxy) is 1. The number of benzene rings is 1. The molecule has 0 saturated carbocycles. The highest BCUT2D eigenvalue weighted by molar-refractivity contribution is 5.88. The van der Waals surface area contributed by atoms with E-state index in [0.717, 1.165) is 0 Å². The van der Waals surface area contributed by atoms with Crippen LogP contribution in [0, 0.1) is 5.82 Å². The van der Waals surface area contributed by atoms with Gasteiger partial charge in [0.1, 0.15) is 6.04 Å². The molecule has 126 valence electrons. The number of nitrogens with zero attached hydrogens (tertiary/aromatic N) is 1. The van der Waals surface area contributed by atoms with Crippen LogP contribution in [0.2, 0.25) is 0 Å². The monoisotopic (exact) mass is 323 g/mol. The van der Waals surface area contributed by atoms with E-state index in [2.05, 4.69) is 10.6 Å². The molecule has 6 nitrogen and oxygen atoms in total. The average molecular weight is 323 g/mol. The van der Waals surface area contributed by atoms with Gasteiger partial charge in [0, 0.05) is 13.1 Å². The summed E-state index contributed by atoms with van der Waals surface area (Å²) < 4.78 is 18.7. The smallest absolute Gasteiger partial charge is 0.318 e. The summed E-state index contributed by atoms with van der Waals surface area (Å²) in [6.07, 6.45) is 0.546. The molecule has 3 amide bonds. The Kier molecular flexibility index (Phi) is 5.41. The summed E-state index contributed by atoms with van der Waals surface area (Å²) >= 11 is 0. The summed E-state index contributed by atoms with van der Waals surface area (Å²) in [6.45, 7) is 4.52. The first-order valence-corrected chi connectivity index (χ1v) is 7.66. The normalized spacial score (nSPS) is 19.0. The number of carbonyl (C=O) groups is 2. The minimum Gasteiger partial charge on any atom is -0.494 e. The van der Waals surface area contributed by atoms with Crippen molar-refractivity contribution < 1.29 is 18.7 Å². The quantitative estimate of drug-likeness (QED) is 0.888. The summed E-state index contributed by atoms with van der Waals surface area (Å²) in [5.41, 5.74) is 0.631. The highest BCUT2D eigenvalue weighted by Gasteiger charge is 2.32. The maximum absolute atomic E-state index is 13.8. The van der Waals surface area contributed by atoms with Gasteiger partial charge < -0.3 is 20.3 Å². The number of amides is 3. The van der Waals surface area contributed by atoms with Crippen LogP contribution in [0.3, 0.4) is 0 Å². The van der Waals surface area contributed by atoms with E-state index in [0.29, 0.717) is 25.1 Å². The van der Waals surface area contributed by atoms with E-state index in [9.17, 15) is 14.0 Å². The Morgan fingerprint density at radius 3 is 2.91 bits per heavy atom. The molecule has 1 aromatic carbocycles. The fraction of sp³-hybridized carbons (Fsp3) is 0.500. The number of piperazine rings is 1. The Bertz CT molecular complexity index is 594. The van der Waals surface area contributed by atoms with Gasteiger partial charge in [-0.15, -0.1) is 0 Å². The molecule has 0 radical (unpaired) electrons. The Labute approximate surface area is 135 Å². The van der Waals surface area contributed by atoms with Gasteiger partial charge in [-0.1, -0.05) is 13.0 Å². The summed E-state index contributed by atoms with van der Waals surface area (Å²) in [6, 6.07) is 3.39. The Morgan fingerprint density at radius 1 is 1.57 bits per heavy atom. The van der Waals surface area contributed by atoms with Gasteiger partial charge in [0.15, 0.2) is 11.6 Å². The van der Waals surface area contributed by atoms with Crippen molar-refractivity contribution in [2.24, 2.45) is 0 Å². The van der Waals surface area contributed by atoms with Crippen molar-refractivity contribution >= 4 is 11.9 Å². The van der Waals surface area contributed by atoms with Crippen molar-refractivity contribution in [2.75, 3.05) is 20.2 Å². The van der Waals surface area contributed by atoms with Crippen LogP contribution in [0.25, 0.3) is 0 Å². The van der Waals surface area contributed by atoms with Crippen LogP contribution >= 0.6 is 0 Å². The summed E-state index contributed by atoms with van der Waals surface area (Å²) in [4.78, 5) is 25.8. The molecule has 0 unspecified atom stereocenters. The van der Waals surface area contributed by atoms with Gasteiger partial charge in [0.25, 0.3) is 0 Å². The second-order valence-electron chi connectivity index (χ2n) is 5.47. The van der Waals surface area contributed by atoms with Crippen molar-refractivity contribution in [2.45, 2.75) is 32.4 Å². The van der Waals surface area contributed by atoms with Crippen LogP contribution in [0.15, 0.2) is 18.2 Å². The lowest BCUT2D eigenvalue weighted by Gasteiger charge is -2.35. The summed E-state index contributed by atoms with van der Waals surface area (Å²) in [5.74, 6) is -0.460. The Morgan fingerprint density at radius 2 is 2.30 bits per heavy atom. The van der Waals surface area contributed by atoms with Crippen molar-refractivity contribution in [1.82, 2.24) is 15.5 Å². The molecule has 0 bridgehead atoms. The van der Waals surface area contributed by atoms with Crippen LogP contribution < -0.4 is 15.4 Å². The van der Waals surface area contributed by atoms with Gasteiger partial charge in [0.2, 0.25) is 5.91 Å². The Hall–Kier alpha value is -2.31. The third kappa shape index (κ3) is 3.72. The molecular weight excluding hydrogens is 301 g/mol. The average Bonchev–Trinajstić information content (AvgIpc) is 2.54. The zero-order valence-corrected chi connectivity index (χ0v) is 13.6. The highest BCUT2D eigenvalue weighted by atomic mass is 19.1. The van der Waals surface area contributed by atoms with Crippen LogP contribution in [-0.4, -0.2) is 43.1 Å². The molecule has 0 aliphatic carbocycles. The topological polar surface area (TPSA) is 70.7 Å². The highest BCUT2D eigenvalue weighted by Crippen LogP contribution is 2.22. The number of halogens is 1. The molecule has 7 heteroatoms. The van der Waals surface area contributed by atoms with Crippen molar-refractivity contribution in [3.63, 3.8) is 0 Å². The summed E-state index contributed by atoms with van der Waals surface area (Å²) in [5, 5.41) is 5.56. The minimum absolute atomic E-state index is 0.142. The van der Waals surface area contributed by atoms with Gasteiger partial charge in [0.05, 0.1) is 13.2 Å². The van der Waals surface area contributed by atoms with E-state index in [1.807, 2.05) is 6.92 Å². The van der Waals surface area contributed by atoms with Crippen LogP contribution in [0.1, 0.15) is 31.9 Å². The molecule has 1 aliphatic heterocycles. The number of hydrogen-bond donors (Lipinski definition) is 2. The molecule has 1 aliphatic rings. The first kappa shape index (κ1) is 17.1. The Balaban J connectivity index is 2.06. The molecule has 2 rings (SSSR count). The fourth-order valence-electron chi connectivity index (χ4n) is 2.67. The van der Waals surface area contributed by atoms with E-state index in [-0.39, 0.29) is 23.7 Å². The van der Waals surface area contributed by atoms with Crippen molar-refractivity contribution in [3.05, 3.63) is 29.6 Å². The second kappa shape index (κ2) is 7.30. The minimum atomic E-state index is -0.477. The standard InChI is InChI=1S/C16H22FN3O3/c1-4-13-15(21)18-7-8-20(13)16(22)19-10(2)11-5-6-14(23-3)12(17)9-11/h5-6,9-10,13H,4,7-8H2,1-3H3,(H,18,21)(H,19,22)/t10-,13+/m1/s1. The van der Waals surface area contributed by atoms with E-state index in [4.69, 9.17) is 4.74 Å². The SMILES string of the molecule is CC[C@H]1C(=O)NCCN1C(=O)N[C@H](C)c1ccc(OC)c(F)c1. The molecule has 1 heterocycles. The van der Waals surface area contributed by atoms with Crippen LogP contribution in [0.5, 0.6) is 5.75 Å². The lowest BCUT2D eigenvalue weighted by atomic mass is 10.1. The van der Waals surface area contributed by atoms with E-state index in [1.54, 1.807) is 13.0 Å². The van der Waals surface area contributed by atoms with Crippen LogP contribution in [-0.2, 0) is 4.79 Å². The van der Waals surface area contributed by atoms with E-state index >= 15 is 0 Å². The van der Waals surface area contributed by atoms with E-state index < -0.39 is 11.9 Å². The number of hydrogen-bond acceptors (Lipinski definition) is 3. The molecule has 1 fully saturated rings. The largest absolute Gasteiger partial charge is 0.494 e. The number of methoxy groups -OCH3 is 1. The third-order valence-electron chi connectivity index (χ3n) is 3.99. The maximum atomic E-state index is 13.8. The van der Waals surface area contributed by atoms with Crippen molar-refractivity contribution in [3.8, 4) is 5.75 Å². The van der Waals surface area contributed by atoms with Gasteiger partial charge in [-0.25, -0.2) is 9.18 Å². The molecule has 2 N–H and O–H groups in total. The molecule has 0 spiro atoms. The molecule has 2 atom stereocenters. The molecule has 1 saturated heterocycles. The first-order chi connectivity index (χ1) is 11.0. The van der Waals surface area contributed by atoms with Crippen LogP contribution in [0.4, 0.5) is 9.18 Å². The van der Waals surface area contributed by atoms with Gasteiger partial charge in [-0.05, 0) is 31.0 Å². The molecule has 0 aromatic heterocycles. The zero-order chi connectivity index (χ0) is 17.0. The number of urea groups is 1. The first-order valence-electron chi connectivity index (χ1n) is 7.66. The zero-order valence-electron chi connectivity index (χ0n) is 13.6. The molecular formula is C16H22FN3O3. The lowest BCUT2D eigenvalue weighted by molar-refractivity contribution is -0.127. The lowest BCUT2D eigenvalue weighted by Crippen LogP contribution is -2.59. The van der Waals surface area contributed by atoms with Crippen molar-refractivity contribution in [1.29, 1.82) is 0 Å². The molecule has 1 aromatic rings. The predicted octanol–water partition coefficient (Wildman–Crippen LogP) is 1.82. The number of rotatable bonds is 4. The third-order valence-corrected chi connectivity index (χ3v) is 3.99. The van der Waals surface area contributed by atoms with Gasteiger partial charge >= 0.3 is 6.03 Å². The van der Waals surface area contributed by atoms with Gasteiger partial charge in [-0.2, -0.15) is 0 Å². The fourth-order valence-corrected chi connectivity index (χ4v) is 2.67. The predicted molar refractivity (Wildman–Crippen MR) is 83.7 cm³/mol. The maximum Gasteiger partial charge on any atom is 0.318 e. The summed E-state index contributed by atoms with van der Waals surface area (Å²) in [7, 11) is 1.40.